The summed E-state index contributed by atoms with van der Waals surface area (Å²) in [5, 5.41) is 0. The van der Waals surface area contributed by atoms with Crippen molar-refractivity contribution in [3.63, 3.8) is 0 Å². The number of hydrogen-bond acceptors (Lipinski definition) is 6. The Morgan fingerprint density at radius 2 is 1.22 bits per heavy atom. The summed E-state index contributed by atoms with van der Waals surface area (Å²) in [4.78, 5) is 0. The van der Waals surface area contributed by atoms with Gasteiger partial charge >= 0.3 is 15.2 Å². The van der Waals surface area contributed by atoms with E-state index >= 15 is 0 Å². The average molecular weight is 647 g/mol. The third kappa shape index (κ3) is 9.31. The molecule has 4 rings (SSSR count). The smallest absolute Gasteiger partial charge is 0.383 e. The largest absolute Gasteiger partial charge is 0.423 e. The second-order valence-electron chi connectivity index (χ2n) is 11.3. The van der Waals surface area contributed by atoms with E-state index in [0.29, 0.717) is 17.1 Å². The van der Waals surface area contributed by atoms with Gasteiger partial charge in [0, 0.05) is 14.2 Å². The van der Waals surface area contributed by atoms with Gasteiger partial charge in [0.2, 0.25) is 0 Å². The van der Waals surface area contributed by atoms with Crippen molar-refractivity contribution in [3.8, 4) is 22.6 Å². The molecule has 0 saturated carbocycles. The molecule has 2 unspecified atom stereocenters. The summed E-state index contributed by atoms with van der Waals surface area (Å²) in [5.41, 5.74) is 6.52. The molecule has 2 atom stereocenters. The summed E-state index contributed by atoms with van der Waals surface area (Å²) >= 11 is 0. The lowest BCUT2D eigenvalue weighted by Gasteiger charge is -2.25. The second kappa shape index (κ2) is 15.7. The molecule has 0 N–H and O–H groups in total. The van der Waals surface area contributed by atoms with Gasteiger partial charge < -0.3 is 18.1 Å². The number of allylic oxidation sites excluding steroid dienone is 1. The van der Waals surface area contributed by atoms with Crippen molar-refractivity contribution >= 4 is 20.8 Å². The van der Waals surface area contributed by atoms with Crippen LogP contribution in [0.5, 0.6) is 11.5 Å². The summed E-state index contributed by atoms with van der Waals surface area (Å²) in [6.45, 7) is 10.3. The third-order valence-corrected chi connectivity index (χ3v) is 11.1. The van der Waals surface area contributed by atoms with Crippen LogP contribution in [0.15, 0.2) is 97.6 Å². The lowest BCUT2D eigenvalue weighted by Crippen LogP contribution is -2.05. The van der Waals surface area contributed by atoms with Gasteiger partial charge in [-0.2, -0.15) is 0 Å². The van der Waals surface area contributed by atoms with Crippen molar-refractivity contribution in [1.29, 1.82) is 0 Å². The van der Waals surface area contributed by atoms with E-state index in [1.54, 1.807) is 0 Å². The fraction of sp³-hybridized carbons (Fsp3) is 0.297. The van der Waals surface area contributed by atoms with Gasteiger partial charge in [-0.3, -0.25) is 0 Å². The van der Waals surface area contributed by atoms with Crippen molar-refractivity contribution in [2.75, 3.05) is 14.2 Å². The molecular formula is C37H44O6P2. The van der Waals surface area contributed by atoms with Crippen LogP contribution in [0.1, 0.15) is 60.9 Å². The first-order valence-corrected chi connectivity index (χ1v) is 18.7. The molecule has 238 valence electrons. The highest BCUT2D eigenvalue weighted by molar-refractivity contribution is 7.53. The summed E-state index contributed by atoms with van der Waals surface area (Å²) in [7, 11) is -4.61. The molecule has 0 fully saturated rings. The van der Waals surface area contributed by atoms with Crippen molar-refractivity contribution in [2.45, 2.75) is 58.8 Å². The van der Waals surface area contributed by atoms with Crippen LogP contribution >= 0.6 is 15.2 Å². The zero-order chi connectivity index (χ0) is 32.5. The van der Waals surface area contributed by atoms with Crippen LogP contribution in [0.25, 0.3) is 16.7 Å². The van der Waals surface area contributed by atoms with Crippen LogP contribution in [0.3, 0.4) is 0 Å². The van der Waals surface area contributed by atoms with Crippen LogP contribution in [-0.4, -0.2) is 14.2 Å². The molecule has 0 saturated heterocycles. The van der Waals surface area contributed by atoms with E-state index in [9.17, 15) is 9.13 Å². The predicted octanol–water partition coefficient (Wildman–Crippen LogP) is 11.3. The first kappa shape index (κ1) is 34.5. The lowest BCUT2D eigenvalue weighted by molar-refractivity contribution is 0.317. The maximum absolute atomic E-state index is 14.3. The Kier molecular flexibility index (Phi) is 12.1. The van der Waals surface area contributed by atoms with E-state index in [2.05, 4.69) is 13.5 Å². The Balaban J connectivity index is 1.95. The molecule has 0 amide bonds. The summed E-state index contributed by atoms with van der Waals surface area (Å²) in [6.07, 6.45) is 3.92. The Morgan fingerprint density at radius 1 is 0.711 bits per heavy atom. The molecule has 0 bridgehead atoms. The number of unbranched alkanes of at least 4 members (excludes halogenated alkanes) is 2. The van der Waals surface area contributed by atoms with E-state index in [0.717, 1.165) is 64.6 Å². The van der Waals surface area contributed by atoms with Crippen LogP contribution < -0.4 is 9.05 Å². The first-order chi connectivity index (χ1) is 21.6. The lowest BCUT2D eigenvalue weighted by atomic mass is 9.91. The Hall–Kier alpha value is -3.40. The molecule has 0 spiro atoms. The summed E-state index contributed by atoms with van der Waals surface area (Å²) in [5.74, 6) is 0.658. The quantitative estimate of drug-likeness (QED) is 0.0891. The number of hydrogen-bond donors (Lipinski definition) is 0. The number of rotatable bonds is 16. The van der Waals surface area contributed by atoms with Crippen molar-refractivity contribution in [3.05, 3.63) is 125 Å². The summed E-state index contributed by atoms with van der Waals surface area (Å²) < 4.78 is 52.7. The molecule has 0 radical (unpaired) electrons. The van der Waals surface area contributed by atoms with Crippen LogP contribution in [0, 0.1) is 6.92 Å². The second-order valence-corrected chi connectivity index (χ2v) is 15.5. The van der Waals surface area contributed by atoms with Gasteiger partial charge in [0.1, 0.15) is 11.5 Å². The highest BCUT2D eigenvalue weighted by Gasteiger charge is 2.32. The minimum absolute atomic E-state index is 0.0752. The van der Waals surface area contributed by atoms with E-state index in [1.807, 2.05) is 105 Å². The normalized spacial score (nSPS) is 13.9. The number of aryl methyl sites for hydroxylation is 2. The predicted molar refractivity (Wildman–Crippen MR) is 185 cm³/mol. The standard InChI is InChI=1S/C37H44O6P2/c1-7-8-11-20-32-24-35(42-44(38,40-5)26-30-16-12-9-13-17-30)37(34-23-29(4)21-22-33(34)28(2)3)36(25-32)43-45(39,41-6)27-31-18-14-10-15-19-31/h9-10,12-19,21-25H,2,7-8,11,20,26-27H2,1,3-6H3. The molecule has 45 heavy (non-hydrogen) atoms. The minimum atomic E-state index is -3.70. The molecule has 0 heterocycles. The zero-order valence-corrected chi connectivity index (χ0v) is 28.7. The van der Waals surface area contributed by atoms with E-state index in [1.165, 1.54) is 14.2 Å². The molecule has 6 nitrogen and oxygen atoms in total. The van der Waals surface area contributed by atoms with Crippen molar-refractivity contribution in [2.24, 2.45) is 0 Å². The van der Waals surface area contributed by atoms with Crippen LogP contribution in [0.4, 0.5) is 0 Å². The molecule has 4 aromatic carbocycles. The average Bonchev–Trinajstić information content (AvgIpc) is 3.02. The molecule has 0 aliphatic heterocycles. The van der Waals surface area contributed by atoms with E-state index in [-0.39, 0.29) is 12.3 Å². The molecule has 0 aromatic heterocycles. The highest BCUT2D eigenvalue weighted by Crippen LogP contribution is 2.58. The molecule has 8 heteroatoms. The minimum Gasteiger partial charge on any atom is -0.423 e. The van der Waals surface area contributed by atoms with Gasteiger partial charge in [-0.05, 0) is 66.6 Å². The maximum Gasteiger partial charge on any atom is 0.383 e. The van der Waals surface area contributed by atoms with Gasteiger partial charge in [0.25, 0.3) is 0 Å². The molecule has 0 aliphatic carbocycles. The molecule has 4 aromatic rings. The van der Waals surface area contributed by atoms with Gasteiger partial charge in [-0.1, -0.05) is 116 Å². The van der Waals surface area contributed by atoms with Gasteiger partial charge in [-0.25, -0.2) is 9.13 Å². The monoisotopic (exact) mass is 646 g/mol. The van der Waals surface area contributed by atoms with Crippen LogP contribution in [-0.2, 0) is 36.9 Å². The van der Waals surface area contributed by atoms with E-state index in [4.69, 9.17) is 18.1 Å². The van der Waals surface area contributed by atoms with Crippen LogP contribution in [0.2, 0.25) is 0 Å². The van der Waals surface area contributed by atoms with Crippen molar-refractivity contribution in [1.82, 2.24) is 0 Å². The summed E-state index contributed by atoms with van der Waals surface area (Å²) in [6, 6.07) is 28.8. The Labute approximate surface area is 268 Å². The fourth-order valence-corrected chi connectivity index (χ4v) is 7.94. The number of benzene rings is 4. The SMILES string of the molecule is C=C(C)c1ccc(C)cc1-c1c(OP(=O)(Cc2ccccc2)OC)cc(CCCCC)cc1OP(=O)(Cc1ccccc1)OC. The topological polar surface area (TPSA) is 71.1 Å². The molecular weight excluding hydrogens is 602 g/mol. The third-order valence-electron chi connectivity index (χ3n) is 7.57. The zero-order valence-electron chi connectivity index (χ0n) is 27.0. The Bertz CT molecular complexity index is 1600. The maximum atomic E-state index is 14.3. The Morgan fingerprint density at radius 3 is 1.67 bits per heavy atom. The van der Waals surface area contributed by atoms with E-state index < -0.39 is 15.2 Å². The van der Waals surface area contributed by atoms with Gasteiger partial charge in [0.15, 0.2) is 0 Å². The van der Waals surface area contributed by atoms with Gasteiger partial charge in [-0.15, -0.1) is 0 Å². The highest BCUT2D eigenvalue weighted by atomic mass is 31.2. The fourth-order valence-electron chi connectivity index (χ4n) is 5.20. The molecule has 0 aliphatic rings. The first-order valence-electron chi connectivity index (χ1n) is 15.3. The van der Waals surface area contributed by atoms with Gasteiger partial charge in [0.05, 0.1) is 17.9 Å². The van der Waals surface area contributed by atoms with Crippen molar-refractivity contribution < 1.29 is 27.2 Å².